The van der Waals surface area contributed by atoms with Crippen LogP contribution in [-0.4, -0.2) is 40.0 Å². The van der Waals surface area contributed by atoms with Crippen LogP contribution in [0, 0.1) is 17.2 Å². The summed E-state index contributed by atoms with van der Waals surface area (Å²) in [7, 11) is 0. The molecule has 0 radical (unpaired) electrons. The number of nitriles is 1. The lowest BCUT2D eigenvalue weighted by Crippen LogP contribution is -2.47. The van der Waals surface area contributed by atoms with Crippen LogP contribution in [0.1, 0.15) is 19.8 Å². The lowest BCUT2D eigenvalue weighted by molar-refractivity contribution is -0.125. The van der Waals surface area contributed by atoms with E-state index in [9.17, 15) is 4.79 Å². The van der Waals surface area contributed by atoms with Gasteiger partial charge in [0.15, 0.2) is 0 Å². The number of anilines is 1. The van der Waals surface area contributed by atoms with Crippen molar-refractivity contribution in [1.82, 2.24) is 20.3 Å². The summed E-state index contributed by atoms with van der Waals surface area (Å²) >= 11 is 0. The number of amides is 1. The molecule has 0 aromatic carbocycles. The van der Waals surface area contributed by atoms with Crippen LogP contribution in [-0.2, 0) is 4.79 Å². The summed E-state index contributed by atoms with van der Waals surface area (Å²) in [5.41, 5.74) is 1.87. The molecule has 0 aliphatic carbocycles. The zero-order chi connectivity index (χ0) is 18.1. The third-order valence-electron chi connectivity index (χ3n) is 5.19. The van der Waals surface area contributed by atoms with E-state index in [0.29, 0.717) is 12.6 Å². The van der Waals surface area contributed by atoms with Crippen LogP contribution in [0.15, 0.2) is 30.9 Å². The van der Waals surface area contributed by atoms with Crippen LogP contribution in [0.25, 0.3) is 21.8 Å². The van der Waals surface area contributed by atoms with Crippen molar-refractivity contribution in [2.75, 3.05) is 18.0 Å². The van der Waals surface area contributed by atoms with E-state index in [1.807, 2.05) is 36.9 Å². The van der Waals surface area contributed by atoms with Gasteiger partial charge in [0.25, 0.3) is 0 Å². The predicted octanol–water partition coefficient (Wildman–Crippen LogP) is 2.36. The van der Waals surface area contributed by atoms with E-state index >= 15 is 0 Å². The van der Waals surface area contributed by atoms with Gasteiger partial charge in [0.1, 0.15) is 12.2 Å². The maximum Gasteiger partial charge on any atom is 0.225 e. The molecule has 1 amide bonds. The number of pyridine rings is 2. The molecule has 2 atom stereocenters. The highest BCUT2D eigenvalue weighted by Gasteiger charge is 2.31. The average Bonchev–Trinajstić information content (AvgIpc) is 3.15. The van der Waals surface area contributed by atoms with Crippen LogP contribution >= 0.6 is 0 Å². The van der Waals surface area contributed by atoms with E-state index in [2.05, 4.69) is 32.1 Å². The molecule has 0 saturated carbocycles. The highest BCUT2D eigenvalue weighted by atomic mass is 16.1. The first-order valence-electron chi connectivity index (χ1n) is 8.80. The van der Waals surface area contributed by atoms with Gasteiger partial charge in [-0.15, -0.1) is 0 Å². The van der Waals surface area contributed by atoms with E-state index in [-0.39, 0.29) is 18.4 Å². The summed E-state index contributed by atoms with van der Waals surface area (Å²) in [6.07, 6.45) is 9.16. The van der Waals surface area contributed by atoms with Crippen LogP contribution in [0.2, 0.25) is 0 Å². The van der Waals surface area contributed by atoms with Crippen LogP contribution in [0.5, 0.6) is 0 Å². The molecular formula is C19H20N6O. The first kappa shape index (κ1) is 16.3. The van der Waals surface area contributed by atoms with Gasteiger partial charge in [0, 0.05) is 47.3 Å². The fourth-order valence-electron chi connectivity index (χ4n) is 3.81. The topological polar surface area (TPSA) is 97.7 Å². The van der Waals surface area contributed by atoms with Crippen LogP contribution < -0.4 is 10.2 Å². The summed E-state index contributed by atoms with van der Waals surface area (Å²) in [5.74, 6) is -0.177. The van der Waals surface area contributed by atoms with Crippen molar-refractivity contribution in [3.8, 4) is 6.07 Å². The van der Waals surface area contributed by atoms with Gasteiger partial charge >= 0.3 is 0 Å². The summed E-state index contributed by atoms with van der Waals surface area (Å²) in [6.45, 7) is 2.85. The molecule has 0 bridgehead atoms. The van der Waals surface area contributed by atoms with Crippen LogP contribution in [0.3, 0.4) is 0 Å². The Labute approximate surface area is 151 Å². The summed E-state index contributed by atoms with van der Waals surface area (Å²) in [4.78, 5) is 26.6. The molecule has 7 nitrogen and oxygen atoms in total. The molecule has 26 heavy (non-hydrogen) atoms. The summed E-state index contributed by atoms with van der Waals surface area (Å²) in [5, 5.41) is 14.5. The van der Waals surface area contributed by atoms with Crippen molar-refractivity contribution < 1.29 is 4.79 Å². The molecule has 4 rings (SSSR count). The Morgan fingerprint density at radius 3 is 3.15 bits per heavy atom. The standard InChI is InChI=1S/C19H20N6O/c1-12-2-3-13(19(26)23-7-5-20)11-25(12)16-10-21-8-14-9-24-18-15(17(14)16)4-6-22-18/h4,6,8-10,12-13H,2-3,7,11H2,1H3,(H,22,24)(H,23,26). The molecule has 2 unspecified atom stereocenters. The quantitative estimate of drug-likeness (QED) is 0.708. The van der Waals surface area contributed by atoms with Gasteiger partial charge < -0.3 is 15.2 Å². The summed E-state index contributed by atoms with van der Waals surface area (Å²) < 4.78 is 0. The Bertz CT molecular complexity index is 1000. The van der Waals surface area contributed by atoms with E-state index < -0.39 is 0 Å². The summed E-state index contributed by atoms with van der Waals surface area (Å²) in [6, 6.07) is 4.30. The SMILES string of the molecule is CC1CCC(C(=O)NCC#N)CN1c1cncc2cnc3[nH]ccc3c12. The van der Waals surface area contributed by atoms with Crippen molar-refractivity contribution in [1.29, 1.82) is 5.26 Å². The number of aromatic amines is 1. The van der Waals surface area contributed by atoms with Gasteiger partial charge in [0.05, 0.1) is 23.9 Å². The molecule has 1 saturated heterocycles. The molecule has 3 aromatic heterocycles. The fourth-order valence-corrected chi connectivity index (χ4v) is 3.81. The highest BCUT2D eigenvalue weighted by Crippen LogP contribution is 2.35. The maximum atomic E-state index is 12.4. The molecule has 7 heteroatoms. The second kappa shape index (κ2) is 6.64. The monoisotopic (exact) mass is 348 g/mol. The van der Waals surface area contributed by atoms with E-state index in [0.717, 1.165) is 40.3 Å². The Balaban J connectivity index is 1.75. The number of piperidine rings is 1. The minimum atomic E-state index is -0.127. The molecule has 132 valence electrons. The molecule has 1 fully saturated rings. The van der Waals surface area contributed by atoms with Crippen molar-refractivity contribution in [3.05, 3.63) is 30.9 Å². The maximum absolute atomic E-state index is 12.4. The predicted molar refractivity (Wildman–Crippen MR) is 99.5 cm³/mol. The number of H-pyrrole nitrogens is 1. The number of rotatable bonds is 3. The Morgan fingerprint density at radius 1 is 1.42 bits per heavy atom. The lowest BCUT2D eigenvalue weighted by atomic mass is 9.91. The molecule has 4 heterocycles. The number of fused-ring (bicyclic) bond motifs is 3. The molecular weight excluding hydrogens is 328 g/mol. The number of aromatic nitrogens is 3. The van der Waals surface area contributed by atoms with Gasteiger partial charge in [-0.25, -0.2) is 4.98 Å². The molecule has 1 aliphatic heterocycles. The zero-order valence-electron chi connectivity index (χ0n) is 14.6. The Hall–Kier alpha value is -3.14. The lowest BCUT2D eigenvalue weighted by Gasteiger charge is -2.39. The zero-order valence-corrected chi connectivity index (χ0v) is 14.6. The third-order valence-corrected chi connectivity index (χ3v) is 5.19. The minimum absolute atomic E-state index is 0.0508. The third kappa shape index (κ3) is 2.73. The van der Waals surface area contributed by atoms with E-state index in [1.54, 1.807) is 0 Å². The second-order valence-corrected chi connectivity index (χ2v) is 6.77. The number of hydrogen-bond acceptors (Lipinski definition) is 5. The van der Waals surface area contributed by atoms with Crippen LogP contribution in [0.4, 0.5) is 5.69 Å². The first-order valence-corrected chi connectivity index (χ1v) is 8.80. The number of nitrogens with one attached hydrogen (secondary N) is 2. The Kier molecular flexibility index (Phi) is 4.17. The van der Waals surface area contributed by atoms with Crippen molar-refractivity contribution in [2.45, 2.75) is 25.8 Å². The van der Waals surface area contributed by atoms with Gasteiger partial charge in [-0.05, 0) is 25.8 Å². The van der Waals surface area contributed by atoms with Gasteiger partial charge in [-0.3, -0.25) is 9.78 Å². The van der Waals surface area contributed by atoms with Gasteiger partial charge in [-0.2, -0.15) is 5.26 Å². The number of carbonyl (C=O) groups excluding carboxylic acids is 1. The second-order valence-electron chi connectivity index (χ2n) is 6.77. The van der Waals surface area contributed by atoms with E-state index in [1.165, 1.54) is 0 Å². The van der Waals surface area contributed by atoms with Crippen molar-refractivity contribution >= 4 is 33.4 Å². The van der Waals surface area contributed by atoms with Gasteiger partial charge in [-0.1, -0.05) is 0 Å². The fraction of sp³-hybridized carbons (Fsp3) is 0.368. The van der Waals surface area contributed by atoms with E-state index in [4.69, 9.17) is 5.26 Å². The molecule has 0 spiro atoms. The number of hydrogen-bond donors (Lipinski definition) is 2. The highest BCUT2D eigenvalue weighted by molar-refractivity contribution is 6.11. The molecule has 2 N–H and O–H groups in total. The normalized spacial score (nSPS) is 20.2. The molecule has 1 aliphatic rings. The molecule has 3 aromatic rings. The minimum Gasteiger partial charge on any atom is -0.366 e. The smallest absolute Gasteiger partial charge is 0.225 e. The van der Waals surface area contributed by atoms with Crippen molar-refractivity contribution in [3.63, 3.8) is 0 Å². The number of nitrogens with zero attached hydrogens (tertiary/aromatic N) is 4. The van der Waals surface area contributed by atoms with Gasteiger partial charge in [0.2, 0.25) is 5.91 Å². The number of carbonyl (C=O) groups is 1. The first-order chi connectivity index (χ1) is 12.7. The Morgan fingerprint density at radius 2 is 2.31 bits per heavy atom. The van der Waals surface area contributed by atoms with Crippen molar-refractivity contribution in [2.24, 2.45) is 5.92 Å². The largest absolute Gasteiger partial charge is 0.366 e. The average molecular weight is 348 g/mol.